The van der Waals surface area contributed by atoms with Crippen molar-refractivity contribution in [1.82, 2.24) is 9.97 Å². The van der Waals surface area contributed by atoms with Gasteiger partial charge in [-0.2, -0.15) is 0 Å². The number of hydrogen-bond acceptors (Lipinski definition) is 2. The SMILES string of the molecule is [NaH].c1ccc2nc3ccccc3nc2c1. The molecule has 2 nitrogen and oxygen atoms in total. The number of rotatable bonds is 0. The molecule has 0 N–H and O–H groups in total. The van der Waals surface area contributed by atoms with Crippen LogP contribution in [0.25, 0.3) is 22.1 Å². The molecule has 0 radical (unpaired) electrons. The average molecular weight is 204 g/mol. The molecule has 0 aliphatic carbocycles. The van der Waals surface area contributed by atoms with E-state index in [0.717, 1.165) is 22.1 Å². The van der Waals surface area contributed by atoms with Gasteiger partial charge in [0, 0.05) is 0 Å². The van der Waals surface area contributed by atoms with Crippen LogP contribution in [0.2, 0.25) is 0 Å². The van der Waals surface area contributed by atoms with Crippen LogP contribution in [0.4, 0.5) is 0 Å². The zero-order valence-corrected chi connectivity index (χ0v) is 7.51. The molecule has 1 aromatic heterocycles. The second-order valence-electron chi connectivity index (χ2n) is 3.20. The third-order valence-electron chi connectivity index (χ3n) is 2.25. The van der Waals surface area contributed by atoms with Crippen molar-refractivity contribution in [3.63, 3.8) is 0 Å². The molecule has 0 atom stereocenters. The molecule has 0 spiro atoms. The summed E-state index contributed by atoms with van der Waals surface area (Å²) in [5.74, 6) is 0. The molecule has 0 aliphatic rings. The van der Waals surface area contributed by atoms with Crippen molar-refractivity contribution < 1.29 is 0 Å². The van der Waals surface area contributed by atoms with Gasteiger partial charge >= 0.3 is 29.6 Å². The van der Waals surface area contributed by atoms with E-state index in [9.17, 15) is 0 Å². The zero-order valence-electron chi connectivity index (χ0n) is 7.51. The molecule has 0 fully saturated rings. The predicted molar refractivity (Wildman–Crippen MR) is 64.2 cm³/mol. The normalized spacial score (nSPS) is 10.1. The first-order chi connectivity index (χ1) is 6.93. The topological polar surface area (TPSA) is 25.8 Å². The summed E-state index contributed by atoms with van der Waals surface area (Å²) in [5, 5.41) is 0. The maximum atomic E-state index is 4.52. The van der Waals surface area contributed by atoms with Crippen molar-refractivity contribution in [3.8, 4) is 0 Å². The van der Waals surface area contributed by atoms with Gasteiger partial charge in [-0.3, -0.25) is 0 Å². The van der Waals surface area contributed by atoms with E-state index in [1.165, 1.54) is 0 Å². The van der Waals surface area contributed by atoms with E-state index in [4.69, 9.17) is 0 Å². The van der Waals surface area contributed by atoms with Crippen molar-refractivity contribution in [2.24, 2.45) is 0 Å². The average Bonchev–Trinajstić information content (AvgIpc) is 2.26. The van der Waals surface area contributed by atoms with E-state index in [1.54, 1.807) is 0 Å². The van der Waals surface area contributed by atoms with Crippen LogP contribution in [-0.2, 0) is 0 Å². The Morgan fingerprint density at radius 1 is 0.533 bits per heavy atom. The Morgan fingerprint density at radius 3 is 1.07 bits per heavy atom. The third-order valence-corrected chi connectivity index (χ3v) is 2.25. The molecule has 0 bridgehead atoms. The number of hydrogen-bond donors (Lipinski definition) is 0. The monoisotopic (exact) mass is 204 g/mol. The molecule has 0 amide bonds. The van der Waals surface area contributed by atoms with Crippen LogP contribution in [0.1, 0.15) is 0 Å². The minimum absolute atomic E-state index is 0. The summed E-state index contributed by atoms with van der Waals surface area (Å²) in [5.41, 5.74) is 3.80. The number of benzene rings is 2. The number of aromatic nitrogens is 2. The molecule has 0 saturated carbocycles. The Hall–Kier alpha value is -0.960. The van der Waals surface area contributed by atoms with Gasteiger partial charge in [-0.15, -0.1) is 0 Å². The Morgan fingerprint density at radius 2 is 0.800 bits per heavy atom. The number of nitrogens with zero attached hydrogens (tertiary/aromatic N) is 2. The molecule has 3 heteroatoms. The summed E-state index contributed by atoms with van der Waals surface area (Å²) in [4.78, 5) is 9.03. The Bertz CT molecular complexity index is 502. The molecule has 15 heavy (non-hydrogen) atoms. The van der Waals surface area contributed by atoms with Crippen molar-refractivity contribution in [3.05, 3.63) is 48.5 Å². The summed E-state index contributed by atoms with van der Waals surface area (Å²) in [7, 11) is 0. The Labute approximate surface area is 110 Å². The van der Waals surface area contributed by atoms with Crippen molar-refractivity contribution >= 4 is 51.6 Å². The molecular formula is C12H9N2Na. The fourth-order valence-corrected chi connectivity index (χ4v) is 1.57. The minimum Gasteiger partial charge on any atom is -0.245 e. The maximum absolute atomic E-state index is 4.52. The predicted octanol–water partition coefficient (Wildman–Crippen LogP) is 2.13. The first-order valence-corrected chi connectivity index (χ1v) is 4.55. The molecular weight excluding hydrogens is 195 g/mol. The molecule has 0 unspecified atom stereocenters. The van der Waals surface area contributed by atoms with Crippen molar-refractivity contribution in [2.45, 2.75) is 0 Å². The van der Waals surface area contributed by atoms with Gasteiger partial charge in [0.2, 0.25) is 0 Å². The van der Waals surface area contributed by atoms with Gasteiger partial charge in [0.15, 0.2) is 0 Å². The third kappa shape index (κ3) is 1.88. The maximum Gasteiger partial charge on any atom is 0.0894 e. The summed E-state index contributed by atoms with van der Waals surface area (Å²) in [6, 6.07) is 15.8. The summed E-state index contributed by atoms with van der Waals surface area (Å²) < 4.78 is 0. The first-order valence-electron chi connectivity index (χ1n) is 4.55. The van der Waals surface area contributed by atoms with Crippen LogP contribution in [0, 0.1) is 0 Å². The fourth-order valence-electron chi connectivity index (χ4n) is 1.57. The number of para-hydroxylation sites is 4. The largest absolute Gasteiger partial charge is 0.245 e. The summed E-state index contributed by atoms with van der Waals surface area (Å²) >= 11 is 0. The Balaban J connectivity index is 0.000000853. The second-order valence-corrected chi connectivity index (χ2v) is 3.20. The van der Waals surface area contributed by atoms with Crippen molar-refractivity contribution in [1.29, 1.82) is 0 Å². The zero-order chi connectivity index (χ0) is 9.38. The minimum atomic E-state index is 0. The number of fused-ring (bicyclic) bond motifs is 2. The molecule has 1 heterocycles. The van der Waals surface area contributed by atoms with Crippen LogP contribution >= 0.6 is 0 Å². The van der Waals surface area contributed by atoms with Gasteiger partial charge in [0.25, 0.3) is 0 Å². The van der Waals surface area contributed by atoms with E-state index >= 15 is 0 Å². The van der Waals surface area contributed by atoms with Gasteiger partial charge in [0.1, 0.15) is 0 Å². The van der Waals surface area contributed by atoms with Gasteiger partial charge in [-0.1, -0.05) is 24.3 Å². The van der Waals surface area contributed by atoms with Crippen LogP contribution in [0.3, 0.4) is 0 Å². The standard InChI is InChI=1S/C12H8N2.Na.H/c1-2-6-10-9(5-1)13-11-7-3-4-8-12(11)14-10;;/h1-8H;;. The van der Waals surface area contributed by atoms with E-state index in [0.29, 0.717) is 0 Å². The van der Waals surface area contributed by atoms with Crippen LogP contribution in [0.5, 0.6) is 0 Å². The van der Waals surface area contributed by atoms with Gasteiger partial charge in [-0.25, -0.2) is 9.97 Å². The van der Waals surface area contributed by atoms with Crippen LogP contribution in [0.15, 0.2) is 48.5 Å². The van der Waals surface area contributed by atoms with E-state index in [1.807, 2.05) is 48.5 Å². The molecule has 3 rings (SSSR count). The summed E-state index contributed by atoms with van der Waals surface area (Å²) in [6.07, 6.45) is 0. The van der Waals surface area contributed by atoms with Crippen molar-refractivity contribution in [2.75, 3.05) is 0 Å². The van der Waals surface area contributed by atoms with Gasteiger partial charge < -0.3 is 0 Å². The molecule has 2 aromatic carbocycles. The first kappa shape index (κ1) is 10.6. The summed E-state index contributed by atoms with van der Waals surface area (Å²) in [6.45, 7) is 0. The second kappa shape index (κ2) is 4.27. The van der Waals surface area contributed by atoms with Crippen LogP contribution in [-0.4, -0.2) is 39.5 Å². The Kier molecular flexibility index (Phi) is 3.00. The molecule has 68 valence electrons. The van der Waals surface area contributed by atoms with Gasteiger partial charge in [-0.05, 0) is 24.3 Å². The smallest absolute Gasteiger partial charge is 0.0894 e. The molecule has 3 aromatic rings. The quantitative estimate of drug-likeness (QED) is 0.414. The van der Waals surface area contributed by atoms with E-state index in [2.05, 4.69) is 9.97 Å². The van der Waals surface area contributed by atoms with Crippen LogP contribution < -0.4 is 0 Å². The van der Waals surface area contributed by atoms with E-state index in [-0.39, 0.29) is 29.6 Å². The van der Waals surface area contributed by atoms with E-state index < -0.39 is 0 Å². The van der Waals surface area contributed by atoms with Gasteiger partial charge in [0.05, 0.1) is 22.1 Å². The molecule has 0 saturated heterocycles. The fraction of sp³-hybridized carbons (Fsp3) is 0. The molecule has 0 aliphatic heterocycles.